The third-order valence-corrected chi connectivity index (χ3v) is 4.80. The van der Waals surface area contributed by atoms with Gasteiger partial charge in [-0.15, -0.1) is 0 Å². The van der Waals surface area contributed by atoms with Gasteiger partial charge in [0.1, 0.15) is 5.69 Å². The molecule has 2 aromatic heterocycles. The third kappa shape index (κ3) is 4.42. The molecule has 3 aromatic rings. The number of aryl methyl sites for hydroxylation is 1. The summed E-state index contributed by atoms with van der Waals surface area (Å²) in [6, 6.07) is 12.9. The molecule has 142 valence electrons. The van der Waals surface area contributed by atoms with Gasteiger partial charge in [-0.1, -0.05) is 70.3 Å². The highest BCUT2D eigenvalue weighted by molar-refractivity contribution is 5.51. The van der Waals surface area contributed by atoms with Gasteiger partial charge in [-0.25, -0.2) is 15.0 Å². The predicted octanol–water partition coefficient (Wildman–Crippen LogP) is 4.11. The number of allylic oxidation sites excluding steroid dienone is 1. The number of hydrogen-bond donors (Lipinski definition) is 0. The Hall–Kier alpha value is -3.07. The fourth-order valence-corrected chi connectivity index (χ4v) is 2.99. The molecule has 1 aromatic carbocycles. The zero-order valence-corrected chi connectivity index (χ0v) is 17.2. The van der Waals surface area contributed by atoms with E-state index in [1.165, 1.54) is 11.1 Å². The lowest BCUT2D eigenvalue weighted by molar-refractivity contribution is 0.590. The topological polar surface area (TPSA) is 38.7 Å². The van der Waals surface area contributed by atoms with Crippen molar-refractivity contribution in [3.05, 3.63) is 88.2 Å². The first-order valence-corrected chi connectivity index (χ1v) is 9.49. The van der Waals surface area contributed by atoms with Gasteiger partial charge in [-0.3, -0.25) is 0 Å². The van der Waals surface area contributed by atoms with Crippen LogP contribution in [0.15, 0.2) is 55.3 Å². The standard InChI is InChI=1S/C25H27N3/c1-7-8-21-18(3)16-26-24(28-21)22-14-9-17(2)23(27-22)15-19-10-12-20(13-11-19)25(4,5)6/h7-14,16H,1,3,15H2,2,4-6H3/b21-8+. The molecular weight excluding hydrogens is 342 g/mol. The Morgan fingerprint density at radius 2 is 1.71 bits per heavy atom. The van der Waals surface area contributed by atoms with Crippen LogP contribution in [0.2, 0.25) is 0 Å². The molecule has 0 aliphatic rings. The molecule has 0 radical (unpaired) electrons. The molecule has 0 saturated heterocycles. The van der Waals surface area contributed by atoms with Crippen LogP contribution < -0.4 is 10.6 Å². The summed E-state index contributed by atoms with van der Waals surface area (Å²) in [4.78, 5) is 13.9. The third-order valence-electron chi connectivity index (χ3n) is 4.80. The normalized spacial score (nSPS) is 12.2. The molecule has 3 nitrogen and oxygen atoms in total. The van der Waals surface area contributed by atoms with Crippen molar-refractivity contribution in [2.45, 2.75) is 39.5 Å². The minimum absolute atomic E-state index is 0.157. The molecule has 0 spiro atoms. The van der Waals surface area contributed by atoms with E-state index in [0.717, 1.165) is 33.9 Å². The van der Waals surface area contributed by atoms with Gasteiger partial charge in [0.05, 0.1) is 5.35 Å². The van der Waals surface area contributed by atoms with E-state index >= 15 is 0 Å². The van der Waals surface area contributed by atoms with Crippen LogP contribution in [-0.4, -0.2) is 15.0 Å². The van der Waals surface area contributed by atoms with Crippen LogP contribution in [0.3, 0.4) is 0 Å². The number of pyridine rings is 1. The van der Waals surface area contributed by atoms with E-state index in [9.17, 15) is 0 Å². The lowest BCUT2D eigenvalue weighted by atomic mass is 9.86. The molecule has 0 fully saturated rings. The Morgan fingerprint density at radius 1 is 1.00 bits per heavy atom. The van der Waals surface area contributed by atoms with Gasteiger partial charge in [0, 0.05) is 23.5 Å². The molecular formula is C25H27N3. The van der Waals surface area contributed by atoms with E-state index in [2.05, 4.69) is 81.2 Å². The van der Waals surface area contributed by atoms with Crippen molar-refractivity contribution in [1.82, 2.24) is 15.0 Å². The number of hydrogen-bond acceptors (Lipinski definition) is 3. The van der Waals surface area contributed by atoms with Crippen molar-refractivity contribution in [2.75, 3.05) is 0 Å². The average Bonchev–Trinajstić information content (AvgIpc) is 2.65. The second-order valence-corrected chi connectivity index (χ2v) is 8.09. The molecule has 28 heavy (non-hydrogen) atoms. The maximum atomic E-state index is 4.85. The maximum absolute atomic E-state index is 4.85. The van der Waals surface area contributed by atoms with Crippen molar-refractivity contribution in [3.63, 3.8) is 0 Å². The van der Waals surface area contributed by atoms with Crippen LogP contribution in [0, 0.1) is 6.92 Å². The fourth-order valence-electron chi connectivity index (χ4n) is 2.99. The van der Waals surface area contributed by atoms with Crippen molar-refractivity contribution >= 4 is 12.7 Å². The van der Waals surface area contributed by atoms with Crippen LogP contribution >= 0.6 is 0 Å². The van der Waals surface area contributed by atoms with E-state index < -0.39 is 0 Å². The van der Waals surface area contributed by atoms with Gasteiger partial charge in [0.25, 0.3) is 0 Å². The smallest absolute Gasteiger partial charge is 0.178 e. The second kappa shape index (κ2) is 7.89. The lowest BCUT2D eigenvalue weighted by Crippen LogP contribution is -2.28. The minimum Gasteiger partial charge on any atom is -0.249 e. The maximum Gasteiger partial charge on any atom is 0.178 e. The molecule has 0 atom stereocenters. The van der Waals surface area contributed by atoms with Gasteiger partial charge >= 0.3 is 0 Å². The molecule has 0 aliphatic carbocycles. The monoisotopic (exact) mass is 369 g/mol. The Kier molecular flexibility index (Phi) is 5.55. The highest BCUT2D eigenvalue weighted by Crippen LogP contribution is 2.23. The fraction of sp³-hybridized carbons (Fsp3) is 0.240. The minimum atomic E-state index is 0.157. The molecule has 0 bridgehead atoms. The molecule has 2 heterocycles. The summed E-state index contributed by atoms with van der Waals surface area (Å²) in [5, 5.41) is 1.54. The molecule has 0 saturated carbocycles. The van der Waals surface area contributed by atoms with Crippen LogP contribution in [0.1, 0.15) is 43.2 Å². The zero-order chi connectivity index (χ0) is 20.3. The van der Waals surface area contributed by atoms with Gasteiger partial charge < -0.3 is 0 Å². The van der Waals surface area contributed by atoms with Crippen molar-refractivity contribution in [3.8, 4) is 11.5 Å². The van der Waals surface area contributed by atoms with Crippen molar-refractivity contribution in [1.29, 1.82) is 0 Å². The van der Waals surface area contributed by atoms with E-state index in [0.29, 0.717) is 5.82 Å². The van der Waals surface area contributed by atoms with Crippen molar-refractivity contribution < 1.29 is 0 Å². The summed E-state index contributed by atoms with van der Waals surface area (Å²) >= 11 is 0. The van der Waals surface area contributed by atoms with E-state index in [1.807, 2.05) is 12.1 Å². The van der Waals surface area contributed by atoms with Gasteiger partial charge in [-0.05, 0) is 41.2 Å². The summed E-state index contributed by atoms with van der Waals surface area (Å²) in [6.07, 6.45) is 6.04. The van der Waals surface area contributed by atoms with Gasteiger partial charge in [0.15, 0.2) is 5.82 Å². The summed E-state index contributed by atoms with van der Waals surface area (Å²) in [5.74, 6) is 0.602. The first-order valence-electron chi connectivity index (χ1n) is 9.49. The largest absolute Gasteiger partial charge is 0.249 e. The second-order valence-electron chi connectivity index (χ2n) is 8.09. The molecule has 3 rings (SSSR count). The van der Waals surface area contributed by atoms with Crippen LogP contribution in [0.25, 0.3) is 24.2 Å². The van der Waals surface area contributed by atoms with E-state index in [-0.39, 0.29) is 5.41 Å². The van der Waals surface area contributed by atoms with Crippen molar-refractivity contribution in [2.24, 2.45) is 0 Å². The Bertz CT molecular complexity index is 1100. The van der Waals surface area contributed by atoms with Gasteiger partial charge in [-0.2, -0.15) is 0 Å². The predicted molar refractivity (Wildman–Crippen MR) is 117 cm³/mol. The molecule has 0 amide bonds. The van der Waals surface area contributed by atoms with E-state index in [1.54, 1.807) is 12.3 Å². The number of aromatic nitrogens is 3. The number of nitrogens with zero attached hydrogens (tertiary/aromatic N) is 3. The summed E-state index contributed by atoms with van der Waals surface area (Å²) < 4.78 is 0. The Labute approximate surface area is 167 Å². The quantitative estimate of drug-likeness (QED) is 0.695. The summed E-state index contributed by atoms with van der Waals surface area (Å²) in [7, 11) is 0. The molecule has 0 aliphatic heterocycles. The van der Waals surface area contributed by atoms with Crippen LogP contribution in [0.5, 0.6) is 0 Å². The highest BCUT2D eigenvalue weighted by atomic mass is 14.9. The Morgan fingerprint density at radius 3 is 2.36 bits per heavy atom. The molecule has 0 N–H and O–H groups in total. The zero-order valence-electron chi connectivity index (χ0n) is 17.2. The molecule has 3 heteroatoms. The SMILES string of the molecule is C=C/C=c1/nc(-c2ccc(C)c(Cc3ccc(C(C)(C)C)cc3)n2)ncc1=C. The van der Waals surface area contributed by atoms with E-state index in [4.69, 9.17) is 4.98 Å². The Balaban J connectivity index is 1.94. The van der Waals surface area contributed by atoms with Gasteiger partial charge in [0.2, 0.25) is 0 Å². The lowest BCUT2D eigenvalue weighted by Gasteiger charge is -2.19. The van der Waals surface area contributed by atoms with Crippen LogP contribution in [0.4, 0.5) is 0 Å². The summed E-state index contributed by atoms with van der Waals surface area (Å²) in [5.41, 5.74) is 5.71. The first-order chi connectivity index (χ1) is 13.3. The summed E-state index contributed by atoms with van der Waals surface area (Å²) in [6.45, 7) is 16.5. The average molecular weight is 370 g/mol. The molecule has 0 unspecified atom stereocenters. The first kappa shape index (κ1) is 19.7. The van der Waals surface area contributed by atoms with Crippen LogP contribution in [-0.2, 0) is 11.8 Å². The number of rotatable bonds is 4. The highest BCUT2D eigenvalue weighted by Gasteiger charge is 2.13. The number of benzene rings is 1.